The van der Waals surface area contributed by atoms with Crippen LogP contribution in [-0.2, 0) is 0 Å². The van der Waals surface area contributed by atoms with Crippen LogP contribution < -0.4 is 14.2 Å². The van der Waals surface area contributed by atoms with E-state index in [1.54, 1.807) is 24.3 Å². The summed E-state index contributed by atoms with van der Waals surface area (Å²) in [4.78, 5) is 12.6. The van der Waals surface area contributed by atoms with Gasteiger partial charge in [0.1, 0.15) is 5.75 Å². The molecule has 4 nitrogen and oxygen atoms in total. The first-order valence-corrected chi connectivity index (χ1v) is 16.7. The van der Waals surface area contributed by atoms with Gasteiger partial charge in [0.25, 0.3) is 0 Å². The number of halogens is 3. The molecule has 0 N–H and O–H groups in total. The number of hydrogen-bond acceptors (Lipinski definition) is 4. The normalized spacial score (nSPS) is 11.4. The fourth-order valence-electron chi connectivity index (χ4n) is 4.94. The number of hydrogen-bond donors (Lipinski definition) is 0. The third kappa shape index (κ3) is 12.5. The van der Waals surface area contributed by atoms with Crippen LogP contribution in [0.25, 0.3) is 0 Å². The molecule has 1 unspecified atom stereocenters. The van der Waals surface area contributed by atoms with E-state index in [2.05, 4.69) is 25.7 Å². The molecule has 248 valence electrons. The first-order valence-electron chi connectivity index (χ1n) is 16.7. The van der Waals surface area contributed by atoms with E-state index in [4.69, 9.17) is 14.2 Å². The van der Waals surface area contributed by atoms with Crippen LogP contribution in [0.15, 0.2) is 54.6 Å². The number of carbonyl (C=O) groups is 1. The van der Waals surface area contributed by atoms with Crippen molar-refractivity contribution in [2.75, 3.05) is 6.61 Å². The molecular weight excluding hydrogens is 589 g/mol. The lowest BCUT2D eigenvalue weighted by Gasteiger charge is -2.15. The molecular formula is C39H47F3O4. The third-order valence-corrected chi connectivity index (χ3v) is 7.66. The van der Waals surface area contributed by atoms with E-state index in [-0.39, 0.29) is 30.0 Å². The van der Waals surface area contributed by atoms with Crippen molar-refractivity contribution >= 4 is 5.97 Å². The second-order valence-corrected chi connectivity index (χ2v) is 11.6. The van der Waals surface area contributed by atoms with Crippen LogP contribution in [0, 0.1) is 29.3 Å². The van der Waals surface area contributed by atoms with Gasteiger partial charge < -0.3 is 14.2 Å². The molecule has 7 heteroatoms. The topological polar surface area (TPSA) is 44.8 Å². The summed E-state index contributed by atoms with van der Waals surface area (Å²) in [7, 11) is 0. The van der Waals surface area contributed by atoms with Gasteiger partial charge in [-0.15, -0.1) is 0 Å². The van der Waals surface area contributed by atoms with E-state index in [1.165, 1.54) is 69.2 Å². The van der Waals surface area contributed by atoms with Crippen LogP contribution in [0.1, 0.15) is 126 Å². The molecule has 0 radical (unpaired) electrons. The van der Waals surface area contributed by atoms with Crippen LogP contribution in [0.5, 0.6) is 17.2 Å². The molecule has 0 saturated carbocycles. The predicted molar refractivity (Wildman–Crippen MR) is 177 cm³/mol. The Morgan fingerprint density at radius 3 is 1.96 bits per heavy atom. The molecule has 0 aromatic heterocycles. The molecule has 0 aliphatic heterocycles. The van der Waals surface area contributed by atoms with Crippen LogP contribution in [0.3, 0.4) is 0 Å². The average Bonchev–Trinajstić information content (AvgIpc) is 3.05. The molecule has 1 atom stereocenters. The first kappa shape index (κ1) is 36.5. The van der Waals surface area contributed by atoms with E-state index >= 15 is 0 Å². The molecule has 3 aromatic carbocycles. The van der Waals surface area contributed by atoms with Crippen LogP contribution >= 0.6 is 0 Å². The van der Waals surface area contributed by atoms with Crippen molar-refractivity contribution < 1.29 is 32.2 Å². The first-order chi connectivity index (χ1) is 22.3. The van der Waals surface area contributed by atoms with Crippen molar-refractivity contribution in [3.05, 3.63) is 88.7 Å². The van der Waals surface area contributed by atoms with Gasteiger partial charge in [-0.25, -0.2) is 13.6 Å². The minimum Gasteiger partial charge on any atom is -0.490 e. The summed E-state index contributed by atoms with van der Waals surface area (Å²) in [5.74, 6) is 1.94. The summed E-state index contributed by atoms with van der Waals surface area (Å²) in [6.07, 6.45) is 14.3. The summed E-state index contributed by atoms with van der Waals surface area (Å²) in [5.41, 5.74) is 0.552. The zero-order valence-electron chi connectivity index (χ0n) is 27.4. The Labute approximate surface area is 272 Å². The highest BCUT2D eigenvalue weighted by molar-refractivity contribution is 5.91. The maximum atomic E-state index is 14.7. The Hall–Kier alpha value is -3.92. The number of rotatable bonds is 19. The van der Waals surface area contributed by atoms with Gasteiger partial charge in [-0.3, -0.25) is 0 Å². The smallest absolute Gasteiger partial charge is 0.346 e. The lowest BCUT2D eigenvalue weighted by Crippen LogP contribution is -2.12. The van der Waals surface area contributed by atoms with E-state index in [0.717, 1.165) is 44.6 Å². The number of benzene rings is 3. The zero-order valence-corrected chi connectivity index (χ0v) is 27.4. The third-order valence-electron chi connectivity index (χ3n) is 7.66. The van der Waals surface area contributed by atoms with Gasteiger partial charge in [0.05, 0.1) is 18.3 Å². The van der Waals surface area contributed by atoms with Gasteiger partial charge in [-0.1, -0.05) is 89.9 Å². The SMILES string of the molecule is CCCCCCCCCCOc1ccc(C(=O)Oc2ccc(C#Cc3ccc(OC(C)CCCCCC)c(F)c3)cc2)c(F)c1F. The zero-order chi connectivity index (χ0) is 33.1. The maximum Gasteiger partial charge on any atom is 0.346 e. The molecule has 0 aliphatic rings. The van der Waals surface area contributed by atoms with Crippen molar-refractivity contribution in [1.29, 1.82) is 0 Å². The monoisotopic (exact) mass is 636 g/mol. The van der Waals surface area contributed by atoms with Crippen molar-refractivity contribution in [2.24, 2.45) is 0 Å². The molecule has 0 spiro atoms. The molecule has 3 rings (SSSR count). The van der Waals surface area contributed by atoms with Gasteiger partial charge in [0, 0.05) is 11.1 Å². The second-order valence-electron chi connectivity index (χ2n) is 11.6. The van der Waals surface area contributed by atoms with Gasteiger partial charge in [0.2, 0.25) is 5.82 Å². The van der Waals surface area contributed by atoms with E-state index < -0.39 is 29.0 Å². The summed E-state index contributed by atoms with van der Waals surface area (Å²) >= 11 is 0. The fraction of sp³-hybridized carbons (Fsp3) is 0.462. The van der Waals surface area contributed by atoms with Crippen molar-refractivity contribution in [3.63, 3.8) is 0 Å². The van der Waals surface area contributed by atoms with Crippen molar-refractivity contribution in [2.45, 2.75) is 110 Å². The maximum absolute atomic E-state index is 14.7. The van der Waals surface area contributed by atoms with Gasteiger partial charge in [-0.2, -0.15) is 4.39 Å². The van der Waals surface area contributed by atoms with E-state index in [0.29, 0.717) is 11.1 Å². The second kappa shape index (κ2) is 20.3. The lowest BCUT2D eigenvalue weighted by atomic mass is 10.1. The Balaban J connectivity index is 1.48. The summed E-state index contributed by atoms with van der Waals surface area (Å²) in [6, 6.07) is 13.2. The summed E-state index contributed by atoms with van der Waals surface area (Å²) < 4.78 is 60.4. The van der Waals surface area contributed by atoms with E-state index in [9.17, 15) is 18.0 Å². The Bertz CT molecular complexity index is 1430. The van der Waals surface area contributed by atoms with Gasteiger partial charge in [-0.05, 0) is 80.8 Å². The van der Waals surface area contributed by atoms with Gasteiger partial charge >= 0.3 is 5.97 Å². The Kier molecular flexibility index (Phi) is 16.1. The molecule has 0 saturated heterocycles. The van der Waals surface area contributed by atoms with Crippen LogP contribution in [-0.4, -0.2) is 18.7 Å². The quantitative estimate of drug-likeness (QED) is 0.0568. The summed E-state index contributed by atoms with van der Waals surface area (Å²) in [5, 5.41) is 0. The molecule has 0 heterocycles. The fourth-order valence-corrected chi connectivity index (χ4v) is 4.94. The van der Waals surface area contributed by atoms with Crippen LogP contribution in [0.2, 0.25) is 0 Å². The minimum absolute atomic E-state index is 0.0748. The number of ether oxygens (including phenoxy) is 3. The van der Waals surface area contributed by atoms with Crippen molar-refractivity contribution in [3.8, 4) is 29.1 Å². The minimum atomic E-state index is -1.31. The number of unbranched alkanes of at least 4 members (excludes halogenated alkanes) is 10. The molecule has 0 bridgehead atoms. The van der Waals surface area contributed by atoms with Crippen LogP contribution in [0.4, 0.5) is 13.2 Å². The highest BCUT2D eigenvalue weighted by Gasteiger charge is 2.21. The standard InChI is InChI=1S/C39H47F3O4/c1-4-6-8-10-11-12-13-15-27-44-36-26-24-33(37(41)38(36)42)39(43)46-32-22-19-30(20-23-32)17-18-31-21-25-35(34(40)28-31)45-29(3)16-14-9-7-5-2/h19-26,28-29H,4-16,27H2,1-3H3. The Morgan fingerprint density at radius 2 is 1.28 bits per heavy atom. The largest absolute Gasteiger partial charge is 0.490 e. The molecule has 0 amide bonds. The number of carbonyl (C=O) groups excluding carboxylic acids is 1. The molecule has 3 aromatic rings. The highest BCUT2D eigenvalue weighted by atomic mass is 19.2. The molecule has 46 heavy (non-hydrogen) atoms. The van der Waals surface area contributed by atoms with Gasteiger partial charge in [0.15, 0.2) is 23.1 Å². The number of esters is 1. The molecule has 0 aliphatic carbocycles. The predicted octanol–water partition coefficient (Wildman–Crippen LogP) is 11.0. The lowest BCUT2D eigenvalue weighted by molar-refractivity contribution is 0.0728. The Morgan fingerprint density at radius 1 is 0.696 bits per heavy atom. The van der Waals surface area contributed by atoms with E-state index in [1.807, 2.05) is 6.92 Å². The van der Waals surface area contributed by atoms with Crippen molar-refractivity contribution in [1.82, 2.24) is 0 Å². The molecule has 0 fully saturated rings. The highest BCUT2D eigenvalue weighted by Crippen LogP contribution is 2.25. The summed E-state index contributed by atoms with van der Waals surface area (Å²) in [6.45, 7) is 6.57. The average molecular weight is 637 g/mol.